The van der Waals surface area contributed by atoms with Crippen molar-refractivity contribution in [3.8, 4) is 0 Å². The Morgan fingerprint density at radius 1 is 1.04 bits per heavy atom. The lowest BCUT2D eigenvalue weighted by atomic mass is 9.85. The molecule has 0 aromatic heterocycles. The average Bonchev–Trinajstić information content (AvgIpc) is 2.98. The molecule has 1 fully saturated rings. The third kappa shape index (κ3) is 3.68. The van der Waals surface area contributed by atoms with Gasteiger partial charge in [0.1, 0.15) is 0 Å². The van der Waals surface area contributed by atoms with E-state index in [1.807, 2.05) is 24.3 Å². The molecule has 0 radical (unpaired) electrons. The van der Waals surface area contributed by atoms with Crippen molar-refractivity contribution in [2.24, 2.45) is 0 Å². The first-order valence-electron chi connectivity index (χ1n) is 8.40. The molecular weight excluding hydrogens is 338 g/mol. The van der Waals surface area contributed by atoms with Gasteiger partial charge in [-0.25, -0.2) is 9.59 Å². The number of carbonyl (C=O) groups excluding carboxylic acids is 2. The van der Waals surface area contributed by atoms with Crippen LogP contribution in [0, 0.1) is 0 Å². The second-order valence-electron chi connectivity index (χ2n) is 7.35. The molecule has 0 amide bonds. The van der Waals surface area contributed by atoms with Gasteiger partial charge in [0.15, 0.2) is 12.2 Å². The first kappa shape index (κ1) is 20.2. The van der Waals surface area contributed by atoms with Gasteiger partial charge in [-0.05, 0) is 17.0 Å². The summed E-state index contributed by atoms with van der Waals surface area (Å²) in [4.78, 5) is 25.9. The SMILES string of the molecule is COC(=O)[C@@H]1OC(C)(N(C)c2ccccc2C(C)(C)C)O[C@H]1C(=O)OC. The van der Waals surface area contributed by atoms with Gasteiger partial charge in [-0.15, -0.1) is 0 Å². The van der Waals surface area contributed by atoms with Crippen LogP contribution in [-0.2, 0) is 34.0 Å². The molecule has 1 heterocycles. The van der Waals surface area contributed by atoms with Crippen LogP contribution >= 0.6 is 0 Å². The first-order valence-corrected chi connectivity index (χ1v) is 8.40. The van der Waals surface area contributed by atoms with Crippen molar-refractivity contribution in [3.63, 3.8) is 0 Å². The predicted molar refractivity (Wildman–Crippen MR) is 95.7 cm³/mol. The monoisotopic (exact) mass is 365 g/mol. The summed E-state index contributed by atoms with van der Waals surface area (Å²) in [6, 6.07) is 7.84. The fourth-order valence-electron chi connectivity index (χ4n) is 2.98. The van der Waals surface area contributed by atoms with Crippen molar-refractivity contribution < 1.29 is 28.5 Å². The molecular formula is C19H27NO6. The lowest BCUT2D eigenvalue weighted by Gasteiger charge is -2.38. The van der Waals surface area contributed by atoms with E-state index in [-0.39, 0.29) is 5.41 Å². The number of methoxy groups -OCH3 is 2. The van der Waals surface area contributed by atoms with E-state index in [0.29, 0.717) is 0 Å². The number of para-hydroxylation sites is 1. The van der Waals surface area contributed by atoms with E-state index >= 15 is 0 Å². The molecule has 1 aliphatic rings. The summed E-state index contributed by atoms with van der Waals surface area (Å²) in [5.41, 5.74) is 1.83. The standard InChI is InChI=1S/C19H27NO6/c1-18(2,3)12-10-8-9-11-13(12)20(5)19(4)25-14(16(21)23-6)15(26-19)17(22)24-7/h8-11,14-15H,1-7H3/t14-,15-/m1/s1. The van der Waals surface area contributed by atoms with Crippen LogP contribution in [0.2, 0.25) is 0 Å². The van der Waals surface area contributed by atoms with Crippen molar-refractivity contribution in [1.82, 2.24) is 0 Å². The highest BCUT2D eigenvalue weighted by molar-refractivity contribution is 5.86. The Kier molecular flexibility index (Phi) is 5.63. The highest BCUT2D eigenvalue weighted by atomic mass is 16.8. The Morgan fingerprint density at radius 3 is 1.92 bits per heavy atom. The molecule has 0 N–H and O–H groups in total. The molecule has 2 atom stereocenters. The summed E-state index contributed by atoms with van der Waals surface area (Å²) < 4.78 is 21.2. The van der Waals surface area contributed by atoms with Gasteiger partial charge in [0.05, 0.1) is 14.2 Å². The number of nitrogens with zero attached hydrogens (tertiary/aromatic N) is 1. The fourth-order valence-corrected chi connectivity index (χ4v) is 2.98. The lowest BCUT2D eigenvalue weighted by molar-refractivity contribution is -0.178. The summed E-state index contributed by atoms with van der Waals surface area (Å²) in [6.45, 7) is 7.97. The minimum atomic E-state index is -1.35. The Balaban J connectivity index is 2.42. The maximum absolute atomic E-state index is 12.1. The van der Waals surface area contributed by atoms with Crippen molar-refractivity contribution >= 4 is 17.6 Å². The zero-order valence-electron chi connectivity index (χ0n) is 16.4. The van der Waals surface area contributed by atoms with Crippen molar-refractivity contribution in [3.05, 3.63) is 29.8 Å². The van der Waals surface area contributed by atoms with Crippen LogP contribution < -0.4 is 4.90 Å². The molecule has 1 aliphatic heterocycles. The zero-order chi connectivity index (χ0) is 19.7. The Hall–Kier alpha value is -2.12. The maximum Gasteiger partial charge on any atom is 0.338 e. The molecule has 1 aromatic carbocycles. The largest absolute Gasteiger partial charge is 0.467 e. The molecule has 1 aromatic rings. The number of benzene rings is 1. The van der Waals surface area contributed by atoms with E-state index in [1.54, 1.807) is 18.9 Å². The summed E-state index contributed by atoms with van der Waals surface area (Å²) in [7, 11) is 4.25. The third-order valence-corrected chi connectivity index (χ3v) is 4.52. The molecule has 0 saturated carbocycles. The fraction of sp³-hybridized carbons (Fsp3) is 0.579. The second kappa shape index (κ2) is 7.25. The normalized spacial score (nSPS) is 22.0. The maximum atomic E-state index is 12.1. The van der Waals surface area contributed by atoms with Crippen LogP contribution in [0.1, 0.15) is 33.3 Å². The Labute approximate surface area is 154 Å². The third-order valence-electron chi connectivity index (χ3n) is 4.52. The zero-order valence-corrected chi connectivity index (χ0v) is 16.4. The molecule has 7 nitrogen and oxygen atoms in total. The average molecular weight is 365 g/mol. The van der Waals surface area contributed by atoms with Gasteiger partial charge in [-0.2, -0.15) is 0 Å². The number of hydrogen-bond donors (Lipinski definition) is 0. The van der Waals surface area contributed by atoms with Gasteiger partial charge in [0, 0.05) is 19.7 Å². The van der Waals surface area contributed by atoms with Crippen LogP contribution in [0.15, 0.2) is 24.3 Å². The van der Waals surface area contributed by atoms with Gasteiger partial charge in [0.2, 0.25) is 5.91 Å². The van der Waals surface area contributed by atoms with E-state index < -0.39 is 30.1 Å². The quantitative estimate of drug-likeness (QED) is 0.758. The van der Waals surface area contributed by atoms with Crippen molar-refractivity contribution in [2.45, 2.75) is 51.2 Å². The number of ether oxygens (including phenoxy) is 4. The van der Waals surface area contributed by atoms with Crippen molar-refractivity contribution in [1.29, 1.82) is 0 Å². The highest BCUT2D eigenvalue weighted by Crippen LogP contribution is 2.39. The lowest BCUT2D eigenvalue weighted by Crippen LogP contribution is -2.47. The van der Waals surface area contributed by atoms with Crippen LogP contribution in [0.4, 0.5) is 5.69 Å². The second-order valence-corrected chi connectivity index (χ2v) is 7.35. The molecule has 1 saturated heterocycles. The van der Waals surface area contributed by atoms with E-state index in [9.17, 15) is 9.59 Å². The number of hydrogen-bond acceptors (Lipinski definition) is 7. The molecule has 0 unspecified atom stereocenters. The first-order chi connectivity index (χ1) is 12.0. The van der Waals surface area contributed by atoms with Gasteiger partial charge in [-0.3, -0.25) is 0 Å². The van der Waals surface area contributed by atoms with Crippen LogP contribution in [0.5, 0.6) is 0 Å². The topological polar surface area (TPSA) is 74.3 Å². The number of carbonyl (C=O) groups is 2. The van der Waals surface area contributed by atoms with E-state index in [0.717, 1.165) is 11.3 Å². The summed E-state index contributed by atoms with van der Waals surface area (Å²) in [5, 5.41) is 0. The van der Waals surface area contributed by atoms with Gasteiger partial charge in [0.25, 0.3) is 0 Å². The minimum Gasteiger partial charge on any atom is -0.467 e. The smallest absolute Gasteiger partial charge is 0.338 e. The Morgan fingerprint density at radius 2 is 1.50 bits per heavy atom. The molecule has 0 aliphatic carbocycles. The van der Waals surface area contributed by atoms with Crippen LogP contribution in [-0.4, -0.2) is 51.3 Å². The summed E-state index contributed by atoms with van der Waals surface area (Å²) in [5.74, 6) is -2.73. The number of anilines is 1. The van der Waals surface area contributed by atoms with Crippen LogP contribution in [0.3, 0.4) is 0 Å². The molecule has 0 bridgehead atoms. The van der Waals surface area contributed by atoms with E-state index in [2.05, 4.69) is 20.8 Å². The summed E-state index contributed by atoms with van der Waals surface area (Å²) >= 11 is 0. The van der Waals surface area contributed by atoms with E-state index in [4.69, 9.17) is 18.9 Å². The van der Waals surface area contributed by atoms with E-state index in [1.165, 1.54) is 14.2 Å². The molecule has 2 rings (SSSR count). The predicted octanol–water partition coefficient (Wildman–Crippen LogP) is 2.22. The van der Waals surface area contributed by atoms with Gasteiger partial charge < -0.3 is 23.8 Å². The molecule has 7 heteroatoms. The van der Waals surface area contributed by atoms with Gasteiger partial charge >= 0.3 is 11.9 Å². The Bertz CT molecular complexity index is 657. The highest BCUT2D eigenvalue weighted by Gasteiger charge is 2.55. The summed E-state index contributed by atoms with van der Waals surface area (Å²) in [6.07, 6.45) is -2.41. The number of rotatable bonds is 4. The molecule has 144 valence electrons. The minimum absolute atomic E-state index is 0.122. The van der Waals surface area contributed by atoms with Crippen LogP contribution in [0.25, 0.3) is 0 Å². The number of esters is 2. The molecule has 26 heavy (non-hydrogen) atoms. The molecule has 0 spiro atoms. The van der Waals surface area contributed by atoms with Gasteiger partial charge in [-0.1, -0.05) is 39.0 Å². The van der Waals surface area contributed by atoms with Crippen molar-refractivity contribution in [2.75, 3.05) is 26.2 Å².